The molecule has 0 spiro atoms. The average Bonchev–Trinajstić information content (AvgIpc) is 2.38. The number of rotatable bonds is 6. The first-order chi connectivity index (χ1) is 9.97. The van der Waals surface area contributed by atoms with Gasteiger partial charge >= 0.3 is 12.1 Å². The molecule has 0 saturated heterocycles. The Hall–Kier alpha value is -2.24. The van der Waals surface area contributed by atoms with Gasteiger partial charge in [-0.15, -0.1) is 0 Å². The van der Waals surface area contributed by atoms with E-state index >= 15 is 0 Å². The van der Waals surface area contributed by atoms with E-state index in [1.807, 2.05) is 13.8 Å². The molecule has 1 N–H and O–H groups in total. The van der Waals surface area contributed by atoms with Crippen LogP contribution in [-0.2, 0) is 14.3 Å². The number of nitrogens with one attached hydrogen (secondary N) is 1. The predicted molar refractivity (Wildman–Crippen MR) is 78.7 cm³/mol. The normalized spacial score (nSPS) is 9.90. The van der Waals surface area contributed by atoms with E-state index in [-0.39, 0.29) is 6.61 Å². The third-order valence-corrected chi connectivity index (χ3v) is 2.62. The van der Waals surface area contributed by atoms with Crippen LogP contribution in [0.3, 0.4) is 0 Å². The second-order valence-corrected chi connectivity index (χ2v) is 4.38. The second kappa shape index (κ2) is 8.14. The molecule has 0 aromatic heterocycles. The molecule has 0 bridgehead atoms. The van der Waals surface area contributed by atoms with Crippen molar-refractivity contribution in [2.75, 3.05) is 25.1 Å². The second-order valence-electron chi connectivity index (χ2n) is 4.38. The summed E-state index contributed by atoms with van der Waals surface area (Å²) >= 11 is 0. The van der Waals surface area contributed by atoms with Crippen LogP contribution in [0.15, 0.2) is 12.1 Å². The lowest BCUT2D eigenvalue weighted by Crippen LogP contribution is -2.16. The van der Waals surface area contributed by atoms with Crippen LogP contribution >= 0.6 is 0 Å². The van der Waals surface area contributed by atoms with Crippen molar-refractivity contribution in [1.82, 2.24) is 0 Å². The maximum atomic E-state index is 11.4. The van der Waals surface area contributed by atoms with E-state index in [2.05, 4.69) is 5.32 Å². The number of carbonyl (C=O) groups excluding carboxylic acids is 2. The molecule has 1 amide bonds. The molecule has 0 fully saturated rings. The highest BCUT2D eigenvalue weighted by atomic mass is 16.6. The summed E-state index contributed by atoms with van der Waals surface area (Å²) in [5.41, 5.74) is 2.24. The minimum Gasteiger partial charge on any atom is -0.481 e. The van der Waals surface area contributed by atoms with Crippen molar-refractivity contribution < 1.29 is 23.8 Å². The van der Waals surface area contributed by atoms with Gasteiger partial charge in [0.25, 0.3) is 0 Å². The van der Waals surface area contributed by atoms with Gasteiger partial charge in [-0.1, -0.05) is 0 Å². The van der Waals surface area contributed by atoms with E-state index in [0.717, 1.165) is 11.1 Å². The van der Waals surface area contributed by atoms with Gasteiger partial charge in [-0.3, -0.25) is 5.32 Å². The van der Waals surface area contributed by atoms with E-state index in [0.29, 0.717) is 24.7 Å². The van der Waals surface area contributed by atoms with Crippen LogP contribution in [0.1, 0.15) is 25.0 Å². The van der Waals surface area contributed by atoms with Crippen molar-refractivity contribution in [3.8, 4) is 5.75 Å². The number of esters is 1. The lowest BCUT2D eigenvalue weighted by atomic mass is 10.1. The molecule has 0 aliphatic rings. The third kappa shape index (κ3) is 5.33. The average molecular weight is 295 g/mol. The molecule has 21 heavy (non-hydrogen) atoms. The van der Waals surface area contributed by atoms with Gasteiger partial charge in [0.15, 0.2) is 6.61 Å². The number of benzene rings is 1. The summed E-state index contributed by atoms with van der Waals surface area (Å²) in [6.45, 7) is 7.65. The summed E-state index contributed by atoms with van der Waals surface area (Å²) in [4.78, 5) is 22.7. The molecule has 6 nitrogen and oxygen atoms in total. The molecular weight excluding hydrogens is 274 g/mol. The number of carbonyl (C=O) groups is 2. The summed E-state index contributed by atoms with van der Waals surface area (Å²) in [5.74, 6) is 0.197. The Bertz CT molecular complexity index is 490. The largest absolute Gasteiger partial charge is 0.481 e. The maximum absolute atomic E-state index is 11.4. The van der Waals surface area contributed by atoms with Crippen molar-refractivity contribution in [2.24, 2.45) is 0 Å². The summed E-state index contributed by atoms with van der Waals surface area (Å²) in [6.07, 6.45) is -0.503. The first-order valence-corrected chi connectivity index (χ1v) is 6.81. The standard InChI is InChI=1S/C15H21NO5/c1-5-19-13(17)9-21-14-10(3)7-12(8-11(14)4)16-15(18)20-6-2/h7-8H,5-6,9H2,1-4H3,(H,16,18). The van der Waals surface area contributed by atoms with Gasteiger partial charge in [-0.2, -0.15) is 0 Å². The predicted octanol–water partition coefficient (Wildman–Crippen LogP) is 2.81. The smallest absolute Gasteiger partial charge is 0.411 e. The minimum atomic E-state index is -0.503. The zero-order valence-corrected chi connectivity index (χ0v) is 12.8. The van der Waals surface area contributed by atoms with Crippen LogP contribution in [-0.4, -0.2) is 31.9 Å². The van der Waals surface area contributed by atoms with Gasteiger partial charge < -0.3 is 14.2 Å². The fraction of sp³-hybridized carbons (Fsp3) is 0.467. The molecule has 1 aromatic rings. The van der Waals surface area contributed by atoms with Crippen molar-refractivity contribution in [3.63, 3.8) is 0 Å². The Kier molecular flexibility index (Phi) is 6.52. The zero-order chi connectivity index (χ0) is 15.8. The van der Waals surface area contributed by atoms with E-state index < -0.39 is 12.1 Å². The van der Waals surface area contributed by atoms with Crippen molar-refractivity contribution in [2.45, 2.75) is 27.7 Å². The van der Waals surface area contributed by atoms with E-state index in [1.54, 1.807) is 26.0 Å². The van der Waals surface area contributed by atoms with Crippen LogP contribution in [0.25, 0.3) is 0 Å². The topological polar surface area (TPSA) is 73.9 Å². The van der Waals surface area contributed by atoms with Crippen LogP contribution in [0, 0.1) is 13.8 Å². The Labute approximate surface area is 124 Å². The molecule has 0 heterocycles. The molecule has 0 radical (unpaired) electrons. The Morgan fingerprint density at radius 1 is 1.05 bits per heavy atom. The number of hydrogen-bond donors (Lipinski definition) is 1. The van der Waals surface area contributed by atoms with Crippen molar-refractivity contribution in [1.29, 1.82) is 0 Å². The monoisotopic (exact) mass is 295 g/mol. The Morgan fingerprint density at radius 2 is 1.62 bits per heavy atom. The van der Waals surface area contributed by atoms with E-state index in [9.17, 15) is 9.59 Å². The van der Waals surface area contributed by atoms with Gasteiger partial charge in [0.05, 0.1) is 13.2 Å². The van der Waals surface area contributed by atoms with Gasteiger partial charge in [-0.05, 0) is 51.0 Å². The summed E-state index contributed by atoms with van der Waals surface area (Å²) < 4.78 is 15.1. The van der Waals surface area contributed by atoms with E-state index in [4.69, 9.17) is 14.2 Å². The van der Waals surface area contributed by atoms with Crippen LogP contribution < -0.4 is 10.1 Å². The van der Waals surface area contributed by atoms with Crippen molar-refractivity contribution >= 4 is 17.7 Å². The first kappa shape index (κ1) is 16.8. The summed E-state index contributed by atoms with van der Waals surface area (Å²) in [6, 6.07) is 3.51. The molecule has 116 valence electrons. The number of ether oxygens (including phenoxy) is 3. The fourth-order valence-electron chi connectivity index (χ4n) is 1.87. The highest BCUT2D eigenvalue weighted by Crippen LogP contribution is 2.27. The highest BCUT2D eigenvalue weighted by molar-refractivity contribution is 5.85. The molecule has 0 unspecified atom stereocenters. The summed E-state index contributed by atoms with van der Waals surface area (Å²) in [5, 5.41) is 2.63. The van der Waals surface area contributed by atoms with Crippen LogP contribution in [0.2, 0.25) is 0 Å². The quantitative estimate of drug-likeness (QED) is 0.817. The number of aryl methyl sites for hydroxylation is 2. The van der Waals surface area contributed by atoms with E-state index in [1.165, 1.54) is 0 Å². The lowest BCUT2D eigenvalue weighted by Gasteiger charge is -2.14. The third-order valence-electron chi connectivity index (χ3n) is 2.62. The number of amides is 1. The molecule has 6 heteroatoms. The molecule has 1 aromatic carbocycles. The molecular formula is C15H21NO5. The first-order valence-electron chi connectivity index (χ1n) is 6.81. The SMILES string of the molecule is CCOC(=O)COc1c(C)cc(NC(=O)OCC)cc1C. The number of anilines is 1. The minimum absolute atomic E-state index is 0.139. The molecule has 0 aliphatic heterocycles. The Morgan fingerprint density at radius 3 is 2.14 bits per heavy atom. The summed E-state index contributed by atoms with van der Waals surface area (Å²) in [7, 11) is 0. The zero-order valence-electron chi connectivity index (χ0n) is 12.8. The van der Waals surface area contributed by atoms with Gasteiger partial charge in [-0.25, -0.2) is 9.59 Å². The highest BCUT2D eigenvalue weighted by Gasteiger charge is 2.11. The molecule has 0 saturated carbocycles. The van der Waals surface area contributed by atoms with Crippen LogP contribution in [0.4, 0.5) is 10.5 Å². The van der Waals surface area contributed by atoms with Gasteiger partial charge in [0.1, 0.15) is 5.75 Å². The Balaban J connectivity index is 2.75. The fourth-order valence-corrected chi connectivity index (χ4v) is 1.87. The van der Waals surface area contributed by atoms with Crippen LogP contribution in [0.5, 0.6) is 5.75 Å². The number of hydrogen-bond acceptors (Lipinski definition) is 5. The maximum Gasteiger partial charge on any atom is 0.411 e. The van der Waals surface area contributed by atoms with Gasteiger partial charge in [0, 0.05) is 5.69 Å². The molecule has 0 aliphatic carbocycles. The molecule has 0 atom stereocenters. The van der Waals surface area contributed by atoms with Gasteiger partial charge in [0.2, 0.25) is 0 Å². The lowest BCUT2D eigenvalue weighted by molar-refractivity contribution is -0.145. The van der Waals surface area contributed by atoms with Crippen molar-refractivity contribution in [3.05, 3.63) is 23.3 Å². The molecule has 1 rings (SSSR count).